The molecule has 0 bridgehead atoms. The Bertz CT molecular complexity index is 894. The number of ether oxygens (including phenoxy) is 2. The van der Waals surface area contributed by atoms with Gasteiger partial charge in [-0.15, -0.1) is 0 Å². The number of nitrogens with one attached hydrogen (secondary N) is 1. The zero-order valence-corrected chi connectivity index (χ0v) is 20.5. The minimum absolute atomic E-state index is 0.0560. The molecule has 0 aliphatic heterocycles. The molecular formula is C23H35N3O5S. The van der Waals surface area contributed by atoms with Gasteiger partial charge in [-0.2, -0.15) is 0 Å². The van der Waals surface area contributed by atoms with E-state index in [1.807, 2.05) is 6.07 Å². The molecule has 9 heteroatoms. The molecule has 0 aliphatic rings. The summed E-state index contributed by atoms with van der Waals surface area (Å²) in [7, 11) is 1.76. The number of hydrogen-bond donors (Lipinski definition) is 1. The number of methoxy groups -OCH3 is 2. The SMILES string of the molecule is CCCN(CCC)CCNC(=O)C[S@@](=O)Cc1nc(-c2ccc(OC)c(OC)c2)oc1C. The van der Waals surface area contributed by atoms with Gasteiger partial charge in [0.2, 0.25) is 11.8 Å². The van der Waals surface area contributed by atoms with Crippen LogP contribution in [-0.2, 0) is 21.3 Å². The maximum Gasteiger partial charge on any atom is 0.232 e. The fraction of sp³-hybridized carbons (Fsp3) is 0.565. The third-order valence-electron chi connectivity index (χ3n) is 4.94. The molecular weight excluding hydrogens is 430 g/mol. The molecule has 1 heterocycles. The Balaban J connectivity index is 1.91. The molecule has 0 aliphatic carbocycles. The summed E-state index contributed by atoms with van der Waals surface area (Å²) in [6.07, 6.45) is 2.17. The van der Waals surface area contributed by atoms with Crippen molar-refractivity contribution in [1.29, 1.82) is 0 Å². The molecule has 178 valence electrons. The van der Waals surface area contributed by atoms with E-state index in [0.29, 0.717) is 35.4 Å². The second kappa shape index (κ2) is 13.2. The second-order valence-corrected chi connectivity index (χ2v) is 8.97. The van der Waals surface area contributed by atoms with Crippen molar-refractivity contribution in [2.75, 3.05) is 46.2 Å². The highest BCUT2D eigenvalue weighted by Crippen LogP contribution is 2.32. The predicted molar refractivity (Wildman–Crippen MR) is 127 cm³/mol. The quantitative estimate of drug-likeness (QED) is 0.458. The van der Waals surface area contributed by atoms with E-state index in [9.17, 15) is 9.00 Å². The van der Waals surface area contributed by atoms with Crippen LogP contribution in [0.3, 0.4) is 0 Å². The molecule has 0 saturated heterocycles. The minimum Gasteiger partial charge on any atom is -0.493 e. The van der Waals surface area contributed by atoms with E-state index in [-0.39, 0.29) is 17.4 Å². The summed E-state index contributed by atoms with van der Waals surface area (Å²) in [6.45, 7) is 9.46. The number of hydrogen-bond acceptors (Lipinski definition) is 7. The third kappa shape index (κ3) is 7.63. The first-order chi connectivity index (χ1) is 15.4. The number of rotatable bonds is 14. The lowest BCUT2D eigenvalue weighted by atomic mass is 10.2. The molecule has 1 aromatic heterocycles. The number of nitrogens with zero attached hydrogens (tertiary/aromatic N) is 2. The van der Waals surface area contributed by atoms with Crippen LogP contribution in [0.15, 0.2) is 22.6 Å². The Morgan fingerprint density at radius 3 is 2.44 bits per heavy atom. The van der Waals surface area contributed by atoms with Crippen molar-refractivity contribution in [3.05, 3.63) is 29.7 Å². The van der Waals surface area contributed by atoms with E-state index >= 15 is 0 Å². The summed E-state index contributed by atoms with van der Waals surface area (Å²) in [4.78, 5) is 19.0. The Morgan fingerprint density at radius 2 is 1.81 bits per heavy atom. The van der Waals surface area contributed by atoms with Gasteiger partial charge >= 0.3 is 0 Å². The van der Waals surface area contributed by atoms with E-state index in [2.05, 4.69) is 29.0 Å². The van der Waals surface area contributed by atoms with Gasteiger partial charge < -0.3 is 24.1 Å². The van der Waals surface area contributed by atoms with Crippen LogP contribution in [0, 0.1) is 6.92 Å². The highest BCUT2D eigenvalue weighted by molar-refractivity contribution is 7.84. The average molecular weight is 466 g/mol. The Labute approximate surface area is 193 Å². The maximum atomic E-state index is 12.5. The smallest absolute Gasteiger partial charge is 0.232 e. The number of aryl methyl sites for hydroxylation is 1. The minimum atomic E-state index is -1.38. The average Bonchev–Trinajstić information content (AvgIpc) is 3.13. The zero-order chi connectivity index (χ0) is 23.5. The van der Waals surface area contributed by atoms with Crippen LogP contribution in [0.5, 0.6) is 11.5 Å². The largest absolute Gasteiger partial charge is 0.493 e. The Hall–Kier alpha value is -2.39. The number of aromatic nitrogens is 1. The van der Waals surface area contributed by atoms with Gasteiger partial charge in [-0.1, -0.05) is 13.8 Å². The number of carbonyl (C=O) groups is 1. The highest BCUT2D eigenvalue weighted by Gasteiger charge is 2.17. The normalized spacial score (nSPS) is 12.1. The van der Waals surface area contributed by atoms with Gasteiger partial charge in [0.25, 0.3) is 0 Å². The number of oxazole rings is 1. The summed E-state index contributed by atoms with van der Waals surface area (Å²) in [6, 6.07) is 5.37. The van der Waals surface area contributed by atoms with E-state index in [1.165, 1.54) is 0 Å². The van der Waals surface area contributed by atoms with Crippen molar-refractivity contribution in [2.45, 2.75) is 39.4 Å². The second-order valence-electron chi connectivity index (χ2n) is 7.51. The van der Waals surface area contributed by atoms with Crippen LogP contribution in [0.1, 0.15) is 38.1 Å². The molecule has 1 N–H and O–H groups in total. The van der Waals surface area contributed by atoms with Crippen LogP contribution in [0.4, 0.5) is 0 Å². The van der Waals surface area contributed by atoms with E-state index in [0.717, 1.165) is 38.0 Å². The fourth-order valence-corrected chi connectivity index (χ4v) is 4.45. The molecule has 0 radical (unpaired) electrons. The van der Waals surface area contributed by atoms with Crippen molar-refractivity contribution < 1.29 is 22.9 Å². The van der Waals surface area contributed by atoms with Crippen molar-refractivity contribution in [3.63, 3.8) is 0 Å². The van der Waals surface area contributed by atoms with Gasteiger partial charge in [-0.05, 0) is 51.1 Å². The first-order valence-corrected chi connectivity index (χ1v) is 12.4. The van der Waals surface area contributed by atoms with Gasteiger partial charge in [0, 0.05) is 29.5 Å². The fourth-order valence-electron chi connectivity index (χ4n) is 3.38. The van der Waals surface area contributed by atoms with Crippen molar-refractivity contribution >= 4 is 16.7 Å². The molecule has 8 nitrogen and oxygen atoms in total. The van der Waals surface area contributed by atoms with Crippen molar-refractivity contribution in [1.82, 2.24) is 15.2 Å². The molecule has 0 saturated carbocycles. The lowest BCUT2D eigenvalue weighted by Gasteiger charge is -2.20. The lowest BCUT2D eigenvalue weighted by molar-refractivity contribution is -0.118. The van der Waals surface area contributed by atoms with E-state index in [1.54, 1.807) is 33.3 Å². The molecule has 1 atom stereocenters. The summed E-state index contributed by atoms with van der Waals surface area (Å²) in [5.74, 6) is 2.06. The van der Waals surface area contributed by atoms with Crippen molar-refractivity contribution in [3.8, 4) is 23.0 Å². The molecule has 0 unspecified atom stereocenters. The van der Waals surface area contributed by atoms with Gasteiger partial charge in [-0.25, -0.2) is 4.98 Å². The number of benzene rings is 1. The number of amides is 1. The summed E-state index contributed by atoms with van der Waals surface area (Å²) in [5.41, 5.74) is 1.31. The van der Waals surface area contributed by atoms with Gasteiger partial charge in [0.1, 0.15) is 11.5 Å². The van der Waals surface area contributed by atoms with E-state index < -0.39 is 10.8 Å². The standard InChI is InChI=1S/C23H35N3O5S/c1-6-11-26(12-7-2)13-10-24-22(27)16-32(28)15-19-17(3)31-23(25-19)18-8-9-20(29-4)21(14-18)30-5/h8-9,14H,6-7,10-13,15-16H2,1-5H3,(H,24,27)/t32-/m0/s1. The highest BCUT2D eigenvalue weighted by atomic mass is 32.2. The molecule has 1 amide bonds. The Kier molecular flexibility index (Phi) is 10.7. The summed E-state index contributed by atoms with van der Waals surface area (Å²) in [5, 5.41) is 2.87. The summed E-state index contributed by atoms with van der Waals surface area (Å²) >= 11 is 0. The molecule has 2 rings (SSSR count). The third-order valence-corrected chi connectivity index (χ3v) is 6.12. The molecule has 0 fully saturated rings. The summed E-state index contributed by atoms with van der Waals surface area (Å²) < 4.78 is 28.9. The molecule has 1 aromatic carbocycles. The zero-order valence-electron chi connectivity index (χ0n) is 19.7. The maximum absolute atomic E-state index is 12.5. The van der Waals surface area contributed by atoms with Crippen LogP contribution in [0.25, 0.3) is 11.5 Å². The molecule has 2 aromatic rings. The number of carbonyl (C=O) groups excluding carboxylic acids is 1. The topological polar surface area (TPSA) is 93.9 Å². The van der Waals surface area contributed by atoms with E-state index in [4.69, 9.17) is 13.9 Å². The Morgan fingerprint density at radius 1 is 1.12 bits per heavy atom. The van der Waals surface area contributed by atoms with Gasteiger partial charge in [0.15, 0.2) is 11.5 Å². The van der Waals surface area contributed by atoms with Crippen LogP contribution in [-0.4, -0.2) is 66.2 Å². The predicted octanol–water partition coefficient (Wildman–Crippen LogP) is 3.15. The first kappa shape index (κ1) is 25.9. The lowest BCUT2D eigenvalue weighted by Crippen LogP contribution is -2.37. The van der Waals surface area contributed by atoms with Gasteiger partial charge in [0.05, 0.1) is 25.7 Å². The monoisotopic (exact) mass is 465 g/mol. The van der Waals surface area contributed by atoms with Crippen LogP contribution >= 0.6 is 0 Å². The molecule has 32 heavy (non-hydrogen) atoms. The van der Waals surface area contributed by atoms with Gasteiger partial charge in [-0.3, -0.25) is 9.00 Å². The van der Waals surface area contributed by atoms with Crippen LogP contribution in [0.2, 0.25) is 0 Å². The first-order valence-electron chi connectivity index (χ1n) is 10.9. The van der Waals surface area contributed by atoms with Crippen molar-refractivity contribution in [2.24, 2.45) is 0 Å². The van der Waals surface area contributed by atoms with Crippen LogP contribution < -0.4 is 14.8 Å². The molecule has 0 spiro atoms.